The molecular formula is C20H33N3O3. The molecule has 0 aromatic carbocycles. The number of amides is 2. The van der Waals surface area contributed by atoms with Gasteiger partial charge in [-0.25, -0.2) is 4.79 Å². The maximum absolute atomic E-state index is 12.6. The number of likely N-dealkylation sites (tertiary alicyclic amines) is 1. The topological polar surface area (TPSA) is 53.1 Å². The molecular weight excluding hydrogens is 330 g/mol. The molecule has 0 aromatic rings. The molecule has 2 bridgehead atoms. The zero-order chi connectivity index (χ0) is 18.4. The fourth-order valence-electron chi connectivity index (χ4n) is 6.02. The van der Waals surface area contributed by atoms with Crippen LogP contribution in [0, 0.1) is 17.8 Å². The number of rotatable bonds is 4. The van der Waals surface area contributed by atoms with Crippen LogP contribution in [0.15, 0.2) is 0 Å². The molecule has 4 aliphatic rings. The van der Waals surface area contributed by atoms with E-state index in [-0.39, 0.29) is 12.0 Å². The Morgan fingerprint density at radius 3 is 2.08 bits per heavy atom. The molecule has 6 heteroatoms. The normalized spacial score (nSPS) is 38.7. The van der Waals surface area contributed by atoms with Gasteiger partial charge < -0.3 is 14.5 Å². The highest BCUT2D eigenvalue weighted by molar-refractivity contribution is 5.82. The number of ether oxygens (including phenoxy) is 1. The third-order valence-corrected chi connectivity index (χ3v) is 7.43. The summed E-state index contributed by atoms with van der Waals surface area (Å²) in [5, 5.41) is 0. The minimum Gasteiger partial charge on any atom is -0.453 e. The molecule has 4 rings (SSSR count). The minimum absolute atomic E-state index is 0.146. The van der Waals surface area contributed by atoms with Crippen LogP contribution >= 0.6 is 0 Å². The quantitative estimate of drug-likeness (QED) is 0.768. The van der Waals surface area contributed by atoms with Gasteiger partial charge in [0.15, 0.2) is 0 Å². The summed E-state index contributed by atoms with van der Waals surface area (Å²) in [6, 6.07) is 1.25. The fraction of sp³-hybridized carbons (Fsp3) is 0.900. The molecule has 6 nitrogen and oxygen atoms in total. The van der Waals surface area contributed by atoms with Crippen molar-refractivity contribution in [2.45, 2.75) is 64.1 Å². The monoisotopic (exact) mass is 363 g/mol. The predicted molar refractivity (Wildman–Crippen MR) is 98.7 cm³/mol. The predicted octanol–water partition coefficient (Wildman–Crippen LogP) is 2.18. The first-order valence-electron chi connectivity index (χ1n) is 10.5. The van der Waals surface area contributed by atoms with Crippen molar-refractivity contribution in [1.29, 1.82) is 0 Å². The summed E-state index contributed by atoms with van der Waals surface area (Å²) in [4.78, 5) is 31.4. The Hall–Kier alpha value is -1.30. The maximum Gasteiger partial charge on any atom is 0.409 e. The number of piperidine rings is 3. The van der Waals surface area contributed by atoms with Gasteiger partial charge in [-0.15, -0.1) is 0 Å². The van der Waals surface area contributed by atoms with Crippen molar-refractivity contribution in [3.8, 4) is 0 Å². The van der Waals surface area contributed by atoms with Crippen molar-refractivity contribution in [3.05, 3.63) is 0 Å². The lowest BCUT2D eigenvalue weighted by atomic mass is 9.81. The highest BCUT2D eigenvalue weighted by Crippen LogP contribution is 2.54. The SMILES string of the molecule is CCN(CC)C(=O)[C@H]1[C@@H]2CN(C3CC4CCCC(C3)N4C(=O)OC)C[C@@H]21. The van der Waals surface area contributed by atoms with Crippen LogP contribution in [0.25, 0.3) is 0 Å². The summed E-state index contributed by atoms with van der Waals surface area (Å²) in [6.45, 7) is 7.93. The minimum atomic E-state index is -0.146. The molecule has 5 atom stereocenters. The van der Waals surface area contributed by atoms with E-state index in [0.29, 0.717) is 35.9 Å². The van der Waals surface area contributed by atoms with Crippen molar-refractivity contribution in [2.75, 3.05) is 33.3 Å². The number of methoxy groups -OCH3 is 1. The van der Waals surface area contributed by atoms with Gasteiger partial charge in [0.25, 0.3) is 0 Å². The molecule has 3 heterocycles. The van der Waals surface area contributed by atoms with Crippen molar-refractivity contribution < 1.29 is 14.3 Å². The third kappa shape index (κ3) is 2.90. The molecule has 0 spiro atoms. The van der Waals surface area contributed by atoms with Crippen LogP contribution in [0.5, 0.6) is 0 Å². The highest BCUT2D eigenvalue weighted by atomic mass is 16.5. The second kappa shape index (κ2) is 7.02. The van der Waals surface area contributed by atoms with E-state index in [2.05, 4.69) is 18.7 Å². The van der Waals surface area contributed by atoms with Crippen LogP contribution in [0.3, 0.4) is 0 Å². The lowest BCUT2D eigenvalue weighted by Crippen LogP contribution is -2.58. The summed E-state index contributed by atoms with van der Waals surface area (Å²) >= 11 is 0. The van der Waals surface area contributed by atoms with Crippen molar-refractivity contribution >= 4 is 12.0 Å². The molecule has 0 radical (unpaired) electrons. The number of hydrogen-bond acceptors (Lipinski definition) is 4. The van der Waals surface area contributed by atoms with Crippen LogP contribution < -0.4 is 0 Å². The van der Waals surface area contributed by atoms with Crippen molar-refractivity contribution in [2.24, 2.45) is 17.8 Å². The first kappa shape index (κ1) is 18.1. The van der Waals surface area contributed by atoms with E-state index in [1.54, 1.807) is 0 Å². The lowest BCUT2D eigenvalue weighted by molar-refractivity contribution is -0.133. The molecule has 4 fully saturated rings. The van der Waals surface area contributed by atoms with Crippen LogP contribution in [0.2, 0.25) is 0 Å². The second-order valence-electron chi connectivity index (χ2n) is 8.56. The molecule has 1 aliphatic carbocycles. The Bertz CT molecular complexity index is 539. The van der Waals surface area contributed by atoms with Crippen molar-refractivity contribution in [1.82, 2.24) is 14.7 Å². The van der Waals surface area contributed by atoms with Crippen LogP contribution in [-0.4, -0.2) is 78.1 Å². The first-order chi connectivity index (χ1) is 12.6. The van der Waals surface area contributed by atoms with Crippen LogP contribution in [-0.2, 0) is 9.53 Å². The summed E-state index contributed by atoms with van der Waals surface area (Å²) in [7, 11) is 1.49. The summed E-state index contributed by atoms with van der Waals surface area (Å²) in [5.74, 6) is 1.80. The van der Waals surface area contributed by atoms with Crippen LogP contribution in [0.4, 0.5) is 4.79 Å². The number of hydrogen-bond donors (Lipinski definition) is 0. The number of fused-ring (bicyclic) bond motifs is 3. The van der Waals surface area contributed by atoms with Gasteiger partial charge in [0.1, 0.15) is 0 Å². The molecule has 146 valence electrons. The van der Waals surface area contributed by atoms with Gasteiger partial charge >= 0.3 is 6.09 Å². The summed E-state index contributed by atoms with van der Waals surface area (Å²) in [5.41, 5.74) is 0. The second-order valence-corrected chi connectivity index (χ2v) is 8.56. The van der Waals surface area contributed by atoms with E-state index in [9.17, 15) is 9.59 Å². The van der Waals surface area contributed by atoms with E-state index in [1.807, 2.05) is 9.80 Å². The highest BCUT2D eigenvalue weighted by Gasteiger charge is 2.61. The molecule has 26 heavy (non-hydrogen) atoms. The molecule has 2 amide bonds. The molecule has 0 N–H and O–H groups in total. The molecule has 3 saturated heterocycles. The van der Waals surface area contributed by atoms with Crippen LogP contribution in [0.1, 0.15) is 46.0 Å². The van der Waals surface area contributed by atoms with E-state index >= 15 is 0 Å². The van der Waals surface area contributed by atoms with Gasteiger partial charge in [0.2, 0.25) is 5.91 Å². The Morgan fingerprint density at radius 2 is 1.58 bits per heavy atom. The van der Waals surface area contributed by atoms with Gasteiger partial charge in [-0.3, -0.25) is 9.69 Å². The Kier molecular flexibility index (Phi) is 4.88. The molecule has 3 aliphatic heterocycles. The van der Waals surface area contributed by atoms with Gasteiger partial charge in [0.05, 0.1) is 7.11 Å². The standard InChI is InChI=1S/C20H33N3O3/c1-4-21(5-2)19(24)18-16-11-22(12-17(16)18)15-9-13-7-6-8-14(10-15)23(13)20(25)26-3/h13-18H,4-12H2,1-3H3/t13?,14?,15?,16-,17+,18+. The number of carbonyl (C=O) groups is 2. The third-order valence-electron chi connectivity index (χ3n) is 7.43. The Labute approximate surface area is 156 Å². The van der Waals surface area contributed by atoms with E-state index in [0.717, 1.165) is 51.9 Å². The zero-order valence-corrected chi connectivity index (χ0v) is 16.4. The van der Waals surface area contributed by atoms with E-state index < -0.39 is 0 Å². The average molecular weight is 364 g/mol. The van der Waals surface area contributed by atoms with E-state index in [4.69, 9.17) is 4.74 Å². The maximum atomic E-state index is 12.6. The molecule has 2 unspecified atom stereocenters. The molecule has 0 aromatic heterocycles. The largest absolute Gasteiger partial charge is 0.453 e. The summed E-state index contributed by atoms with van der Waals surface area (Å²) in [6.07, 6.45) is 5.42. The first-order valence-corrected chi connectivity index (χ1v) is 10.5. The van der Waals surface area contributed by atoms with Crippen molar-refractivity contribution in [3.63, 3.8) is 0 Å². The van der Waals surface area contributed by atoms with Gasteiger partial charge in [-0.1, -0.05) is 0 Å². The zero-order valence-electron chi connectivity index (χ0n) is 16.4. The Morgan fingerprint density at radius 1 is 1.00 bits per heavy atom. The van der Waals surface area contributed by atoms with Gasteiger partial charge in [0, 0.05) is 50.2 Å². The number of nitrogens with zero attached hydrogens (tertiary/aromatic N) is 3. The smallest absolute Gasteiger partial charge is 0.409 e. The summed E-state index contributed by atoms with van der Waals surface area (Å²) < 4.78 is 5.03. The molecule has 1 saturated carbocycles. The number of carbonyl (C=O) groups excluding carboxylic acids is 2. The van der Waals surface area contributed by atoms with Gasteiger partial charge in [-0.05, 0) is 57.8 Å². The Balaban J connectivity index is 1.35. The lowest BCUT2D eigenvalue weighted by Gasteiger charge is -2.50. The fourth-order valence-corrected chi connectivity index (χ4v) is 6.02. The average Bonchev–Trinajstić information content (AvgIpc) is 3.14. The van der Waals surface area contributed by atoms with Gasteiger partial charge in [-0.2, -0.15) is 0 Å². The van der Waals surface area contributed by atoms with E-state index in [1.165, 1.54) is 13.5 Å².